The Morgan fingerprint density at radius 2 is 1.69 bits per heavy atom. The molecule has 0 saturated heterocycles. The standard InChI is InChI=1S/C12H28N2O2/c1-4-6-13-7-9-14(10-12-16-3)8-5-11-15-2/h13H,4-12H2,1-3H3. The van der Waals surface area contributed by atoms with Gasteiger partial charge in [0.2, 0.25) is 0 Å². The highest BCUT2D eigenvalue weighted by Gasteiger charge is 2.03. The van der Waals surface area contributed by atoms with Crippen molar-refractivity contribution in [2.24, 2.45) is 0 Å². The third-order valence-corrected chi connectivity index (χ3v) is 2.47. The molecule has 16 heavy (non-hydrogen) atoms. The van der Waals surface area contributed by atoms with E-state index >= 15 is 0 Å². The van der Waals surface area contributed by atoms with Crippen molar-refractivity contribution in [1.82, 2.24) is 10.2 Å². The van der Waals surface area contributed by atoms with E-state index in [1.54, 1.807) is 14.2 Å². The number of nitrogens with zero attached hydrogens (tertiary/aromatic N) is 1. The fraction of sp³-hybridized carbons (Fsp3) is 1.00. The van der Waals surface area contributed by atoms with E-state index < -0.39 is 0 Å². The second-order valence-corrected chi connectivity index (χ2v) is 3.93. The summed E-state index contributed by atoms with van der Waals surface area (Å²) in [5.41, 5.74) is 0. The topological polar surface area (TPSA) is 33.7 Å². The minimum atomic E-state index is 0.806. The van der Waals surface area contributed by atoms with Gasteiger partial charge in [-0.1, -0.05) is 6.92 Å². The molecule has 0 fully saturated rings. The van der Waals surface area contributed by atoms with Gasteiger partial charge in [0.25, 0.3) is 0 Å². The third-order valence-electron chi connectivity index (χ3n) is 2.47. The molecule has 0 unspecified atom stereocenters. The van der Waals surface area contributed by atoms with Crippen molar-refractivity contribution in [3.8, 4) is 0 Å². The third kappa shape index (κ3) is 10.4. The van der Waals surface area contributed by atoms with Crippen molar-refractivity contribution >= 4 is 0 Å². The fourth-order valence-corrected chi connectivity index (χ4v) is 1.53. The normalized spacial score (nSPS) is 11.2. The first-order chi connectivity index (χ1) is 7.85. The van der Waals surface area contributed by atoms with Gasteiger partial charge in [-0.3, -0.25) is 4.90 Å². The van der Waals surface area contributed by atoms with Gasteiger partial charge in [-0.25, -0.2) is 0 Å². The van der Waals surface area contributed by atoms with Crippen LogP contribution in [0.2, 0.25) is 0 Å². The molecule has 0 bridgehead atoms. The van der Waals surface area contributed by atoms with Gasteiger partial charge in [0.15, 0.2) is 0 Å². The van der Waals surface area contributed by atoms with Crippen LogP contribution in [0.4, 0.5) is 0 Å². The van der Waals surface area contributed by atoms with E-state index in [1.165, 1.54) is 6.42 Å². The minimum Gasteiger partial charge on any atom is -0.385 e. The molecule has 0 heterocycles. The average Bonchev–Trinajstić information content (AvgIpc) is 2.31. The summed E-state index contributed by atoms with van der Waals surface area (Å²) in [7, 11) is 3.50. The second kappa shape index (κ2) is 12.9. The molecule has 0 aliphatic rings. The summed E-state index contributed by atoms with van der Waals surface area (Å²) in [6.45, 7) is 9.19. The molecular weight excluding hydrogens is 204 g/mol. The molecule has 0 aliphatic heterocycles. The number of rotatable bonds is 12. The van der Waals surface area contributed by atoms with Crippen LogP contribution < -0.4 is 5.32 Å². The molecular formula is C12H28N2O2. The Morgan fingerprint density at radius 1 is 0.938 bits per heavy atom. The monoisotopic (exact) mass is 232 g/mol. The van der Waals surface area contributed by atoms with Crippen molar-refractivity contribution in [2.45, 2.75) is 19.8 Å². The van der Waals surface area contributed by atoms with Crippen molar-refractivity contribution in [3.05, 3.63) is 0 Å². The lowest BCUT2D eigenvalue weighted by molar-refractivity contribution is 0.133. The second-order valence-electron chi connectivity index (χ2n) is 3.93. The van der Waals surface area contributed by atoms with Crippen LogP contribution >= 0.6 is 0 Å². The van der Waals surface area contributed by atoms with Crippen molar-refractivity contribution in [3.63, 3.8) is 0 Å². The Labute approximate surface area is 100 Å². The zero-order valence-corrected chi connectivity index (χ0v) is 11.1. The average molecular weight is 232 g/mol. The molecule has 0 aromatic carbocycles. The number of ether oxygens (including phenoxy) is 2. The summed E-state index contributed by atoms with van der Waals surface area (Å²) in [6, 6.07) is 0. The Bertz CT molecular complexity index is 134. The molecule has 0 aromatic rings. The highest BCUT2D eigenvalue weighted by Crippen LogP contribution is 1.92. The fourth-order valence-electron chi connectivity index (χ4n) is 1.53. The Hall–Kier alpha value is -0.160. The maximum atomic E-state index is 5.11. The zero-order chi connectivity index (χ0) is 12.1. The Morgan fingerprint density at radius 3 is 2.31 bits per heavy atom. The van der Waals surface area contributed by atoms with Crippen LogP contribution in [0.3, 0.4) is 0 Å². The molecule has 1 N–H and O–H groups in total. The van der Waals surface area contributed by atoms with Crippen LogP contribution in [-0.4, -0.2) is 65.1 Å². The largest absolute Gasteiger partial charge is 0.385 e. The number of nitrogens with one attached hydrogen (secondary N) is 1. The van der Waals surface area contributed by atoms with Gasteiger partial charge >= 0.3 is 0 Å². The SMILES string of the molecule is CCCNCCN(CCCOC)CCOC. The molecule has 0 saturated carbocycles. The molecule has 4 heteroatoms. The smallest absolute Gasteiger partial charge is 0.0589 e. The van der Waals surface area contributed by atoms with E-state index in [4.69, 9.17) is 9.47 Å². The maximum absolute atomic E-state index is 5.11. The Kier molecular flexibility index (Phi) is 12.8. The first-order valence-electron chi connectivity index (χ1n) is 6.26. The van der Waals surface area contributed by atoms with Crippen LogP contribution in [-0.2, 0) is 9.47 Å². The number of methoxy groups -OCH3 is 2. The van der Waals surface area contributed by atoms with Gasteiger partial charge in [0.1, 0.15) is 0 Å². The van der Waals surface area contributed by atoms with E-state index in [2.05, 4.69) is 17.1 Å². The lowest BCUT2D eigenvalue weighted by atomic mass is 10.3. The van der Waals surface area contributed by atoms with Gasteiger partial charge in [0.05, 0.1) is 6.61 Å². The first kappa shape index (κ1) is 15.8. The predicted molar refractivity (Wildman–Crippen MR) is 68.0 cm³/mol. The van der Waals surface area contributed by atoms with Crippen LogP contribution in [0.5, 0.6) is 0 Å². The highest BCUT2D eigenvalue weighted by atomic mass is 16.5. The Balaban J connectivity index is 3.54. The molecule has 0 aliphatic carbocycles. The van der Waals surface area contributed by atoms with Gasteiger partial charge < -0.3 is 14.8 Å². The molecule has 0 radical (unpaired) electrons. The van der Waals surface area contributed by atoms with Gasteiger partial charge in [-0.15, -0.1) is 0 Å². The summed E-state index contributed by atoms with van der Waals surface area (Å²) in [4.78, 5) is 2.42. The quantitative estimate of drug-likeness (QED) is 0.508. The highest BCUT2D eigenvalue weighted by molar-refractivity contribution is 4.59. The molecule has 4 nitrogen and oxygen atoms in total. The molecule has 0 aromatic heterocycles. The van der Waals surface area contributed by atoms with E-state index in [9.17, 15) is 0 Å². The van der Waals surface area contributed by atoms with E-state index in [0.29, 0.717) is 0 Å². The number of hydrogen-bond donors (Lipinski definition) is 1. The van der Waals surface area contributed by atoms with E-state index in [-0.39, 0.29) is 0 Å². The summed E-state index contributed by atoms with van der Waals surface area (Å²) >= 11 is 0. The maximum Gasteiger partial charge on any atom is 0.0589 e. The zero-order valence-electron chi connectivity index (χ0n) is 11.1. The summed E-state index contributed by atoms with van der Waals surface area (Å²) in [6.07, 6.45) is 2.29. The molecule has 0 amide bonds. The summed E-state index contributed by atoms with van der Waals surface area (Å²) < 4.78 is 10.2. The van der Waals surface area contributed by atoms with Crippen LogP contribution in [0, 0.1) is 0 Å². The molecule has 98 valence electrons. The van der Waals surface area contributed by atoms with Crippen LogP contribution in [0.15, 0.2) is 0 Å². The minimum absolute atomic E-state index is 0.806. The van der Waals surface area contributed by atoms with Gasteiger partial charge in [-0.05, 0) is 19.4 Å². The first-order valence-corrected chi connectivity index (χ1v) is 6.26. The van der Waals surface area contributed by atoms with Crippen molar-refractivity contribution in [1.29, 1.82) is 0 Å². The molecule has 0 spiro atoms. The lowest BCUT2D eigenvalue weighted by Gasteiger charge is -2.21. The van der Waals surface area contributed by atoms with Crippen molar-refractivity contribution in [2.75, 3.05) is 60.2 Å². The van der Waals surface area contributed by atoms with Gasteiger partial charge in [0, 0.05) is 47.0 Å². The van der Waals surface area contributed by atoms with Crippen molar-refractivity contribution < 1.29 is 9.47 Å². The van der Waals surface area contributed by atoms with Gasteiger partial charge in [-0.2, -0.15) is 0 Å². The predicted octanol–water partition coefficient (Wildman–Crippen LogP) is 0.971. The van der Waals surface area contributed by atoms with E-state index in [0.717, 1.165) is 52.4 Å². The van der Waals surface area contributed by atoms with E-state index in [1.807, 2.05) is 0 Å². The summed E-state index contributed by atoms with van der Waals surface area (Å²) in [5, 5.41) is 3.42. The molecule has 0 rings (SSSR count). The van der Waals surface area contributed by atoms with Crippen LogP contribution in [0.25, 0.3) is 0 Å². The summed E-state index contributed by atoms with van der Waals surface area (Å²) in [5.74, 6) is 0. The number of hydrogen-bond acceptors (Lipinski definition) is 4. The lowest BCUT2D eigenvalue weighted by Crippen LogP contribution is -2.35. The molecule has 0 atom stereocenters. The van der Waals surface area contributed by atoms with Crippen LogP contribution in [0.1, 0.15) is 19.8 Å².